The molecule has 1 aromatic carbocycles. The van der Waals surface area contributed by atoms with E-state index in [0.29, 0.717) is 28.8 Å². The minimum atomic E-state index is -0.126. The van der Waals surface area contributed by atoms with Crippen LogP contribution in [0.2, 0.25) is 5.02 Å². The van der Waals surface area contributed by atoms with Gasteiger partial charge < -0.3 is 14.7 Å². The van der Waals surface area contributed by atoms with Crippen LogP contribution < -0.4 is 10.2 Å². The van der Waals surface area contributed by atoms with Crippen molar-refractivity contribution in [1.82, 2.24) is 19.9 Å². The number of hydrogen-bond donors (Lipinski definition) is 1. The van der Waals surface area contributed by atoms with Gasteiger partial charge in [-0.3, -0.25) is 9.36 Å². The number of benzene rings is 1. The van der Waals surface area contributed by atoms with Crippen molar-refractivity contribution >= 4 is 41.0 Å². The number of anilines is 2. The zero-order valence-electron chi connectivity index (χ0n) is 16.0. The number of halogens is 1. The molecule has 1 aliphatic heterocycles. The highest BCUT2D eigenvalue weighted by Crippen LogP contribution is 2.29. The van der Waals surface area contributed by atoms with Gasteiger partial charge >= 0.3 is 0 Å². The van der Waals surface area contributed by atoms with Crippen molar-refractivity contribution in [2.75, 3.05) is 29.1 Å². The molecule has 1 fully saturated rings. The first-order valence-electron chi connectivity index (χ1n) is 9.42. The summed E-state index contributed by atoms with van der Waals surface area (Å²) in [6, 6.07) is 9.32. The minimum absolute atomic E-state index is 0.126. The number of nitrogens with zero attached hydrogens (tertiary/aromatic N) is 5. The van der Waals surface area contributed by atoms with Gasteiger partial charge in [0.2, 0.25) is 11.9 Å². The first-order valence-corrected chi connectivity index (χ1v) is 10.8. The van der Waals surface area contributed by atoms with E-state index in [1.54, 1.807) is 13.0 Å². The second kappa shape index (κ2) is 8.87. The molecule has 3 heterocycles. The lowest BCUT2D eigenvalue weighted by molar-refractivity contribution is -0.115. The summed E-state index contributed by atoms with van der Waals surface area (Å²) < 4.78 is 6.97. The molecular formula is C19H21ClN6O2S. The molecule has 0 bridgehead atoms. The van der Waals surface area contributed by atoms with Gasteiger partial charge in [0, 0.05) is 36.4 Å². The van der Waals surface area contributed by atoms with E-state index in [1.807, 2.05) is 28.8 Å². The number of carbonyl (C=O) groups is 1. The van der Waals surface area contributed by atoms with Crippen molar-refractivity contribution in [1.29, 1.82) is 0 Å². The van der Waals surface area contributed by atoms with Crippen molar-refractivity contribution < 1.29 is 9.32 Å². The average molecular weight is 433 g/mol. The van der Waals surface area contributed by atoms with E-state index >= 15 is 0 Å². The molecule has 0 aliphatic carbocycles. The number of rotatable bonds is 7. The number of thioether (sulfide) groups is 1. The van der Waals surface area contributed by atoms with Gasteiger partial charge in [0.15, 0.2) is 11.0 Å². The summed E-state index contributed by atoms with van der Waals surface area (Å²) in [6.45, 7) is 3.70. The molecule has 10 heteroatoms. The van der Waals surface area contributed by atoms with Crippen LogP contribution in [0.3, 0.4) is 0 Å². The molecule has 2 aromatic heterocycles. The van der Waals surface area contributed by atoms with E-state index in [-0.39, 0.29) is 5.91 Å². The fourth-order valence-corrected chi connectivity index (χ4v) is 4.25. The Morgan fingerprint density at radius 3 is 2.83 bits per heavy atom. The Kier molecular flexibility index (Phi) is 6.05. The predicted molar refractivity (Wildman–Crippen MR) is 113 cm³/mol. The molecule has 0 spiro atoms. The Bertz CT molecular complexity index is 998. The summed E-state index contributed by atoms with van der Waals surface area (Å²) in [6.07, 6.45) is 2.61. The molecule has 1 N–H and O–H groups in total. The van der Waals surface area contributed by atoms with Crippen LogP contribution in [0, 0.1) is 6.92 Å². The standard InChI is InChI=1S/C19H21ClN6O2S/c1-13-11-16(24-28-13)21-17(27)7-10-29-19-23-22-18(25-8-2-3-9-25)26(19)15-6-4-5-14(20)12-15/h4-6,11-12H,2-3,7-10H2,1H3,(H,21,24,27). The van der Waals surface area contributed by atoms with Crippen LogP contribution in [0.5, 0.6) is 0 Å². The highest BCUT2D eigenvalue weighted by Gasteiger charge is 2.22. The maximum atomic E-state index is 12.2. The average Bonchev–Trinajstić information content (AvgIpc) is 3.42. The fourth-order valence-electron chi connectivity index (χ4n) is 3.18. The minimum Gasteiger partial charge on any atom is -0.360 e. The van der Waals surface area contributed by atoms with Crippen LogP contribution in [-0.4, -0.2) is 44.7 Å². The van der Waals surface area contributed by atoms with Gasteiger partial charge in [0.1, 0.15) is 5.76 Å². The Balaban J connectivity index is 1.47. The molecule has 8 nitrogen and oxygen atoms in total. The first kappa shape index (κ1) is 19.8. The van der Waals surface area contributed by atoms with E-state index in [2.05, 4.69) is 25.6 Å². The van der Waals surface area contributed by atoms with Crippen molar-refractivity contribution in [2.45, 2.75) is 31.3 Å². The number of carbonyl (C=O) groups excluding carboxylic acids is 1. The number of aromatic nitrogens is 4. The molecule has 1 amide bonds. The van der Waals surface area contributed by atoms with Crippen molar-refractivity contribution in [3.05, 3.63) is 41.1 Å². The lowest BCUT2D eigenvalue weighted by Crippen LogP contribution is -2.22. The Hall–Kier alpha value is -2.52. The van der Waals surface area contributed by atoms with E-state index in [1.165, 1.54) is 11.8 Å². The summed E-state index contributed by atoms with van der Waals surface area (Å²) in [5, 5.41) is 16.7. The maximum Gasteiger partial charge on any atom is 0.232 e. The first-order chi connectivity index (χ1) is 14.1. The smallest absolute Gasteiger partial charge is 0.232 e. The van der Waals surface area contributed by atoms with Gasteiger partial charge in [-0.15, -0.1) is 10.2 Å². The number of nitrogens with one attached hydrogen (secondary N) is 1. The highest BCUT2D eigenvalue weighted by atomic mass is 35.5. The van der Waals surface area contributed by atoms with Crippen LogP contribution in [0.1, 0.15) is 25.0 Å². The molecule has 152 valence electrons. The van der Waals surface area contributed by atoms with E-state index in [9.17, 15) is 4.79 Å². The van der Waals surface area contributed by atoms with Gasteiger partial charge in [-0.1, -0.05) is 34.6 Å². The van der Waals surface area contributed by atoms with Gasteiger partial charge in [-0.25, -0.2) is 0 Å². The zero-order chi connectivity index (χ0) is 20.2. The highest BCUT2D eigenvalue weighted by molar-refractivity contribution is 7.99. The molecule has 1 aliphatic rings. The van der Waals surface area contributed by atoms with Crippen LogP contribution >= 0.6 is 23.4 Å². The maximum absolute atomic E-state index is 12.2. The normalized spacial score (nSPS) is 13.8. The molecule has 0 unspecified atom stereocenters. The molecule has 29 heavy (non-hydrogen) atoms. The molecule has 1 saturated heterocycles. The van der Waals surface area contributed by atoms with Gasteiger partial charge in [-0.05, 0) is 38.0 Å². The quantitative estimate of drug-likeness (QED) is 0.565. The van der Waals surface area contributed by atoms with Crippen LogP contribution in [0.15, 0.2) is 40.0 Å². The monoisotopic (exact) mass is 432 g/mol. The lowest BCUT2D eigenvalue weighted by atomic mass is 10.3. The summed E-state index contributed by atoms with van der Waals surface area (Å²) in [4.78, 5) is 14.4. The summed E-state index contributed by atoms with van der Waals surface area (Å²) in [7, 11) is 0. The van der Waals surface area contributed by atoms with Gasteiger partial charge in [-0.2, -0.15) is 0 Å². The summed E-state index contributed by atoms with van der Waals surface area (Å²) in [5.74, 6) is 2.32. The molecule has 0 radical (unpaired) electrons. The molecule has 0 atom stereocenters. The SMILES string of the molecule is Cc1cc(NC(=O)CCSc2nnc(N3CCCC3)n2-c2cccc(Cl)c2)no1. The molecule has 3 aromatic rings. The van der Waals surface area contributed by atoms with Crippen molar-refractivity contribution in [3.8, 4) is 5.69 Å². The lowest BCUT2D eigenvalue weighted by Gasteiger charge is -2.18. The van der Waals surface area contributed by atoms with E-state index in [0.717, 1.165) is 42.7 Å². The van der Waals surface area contributed by atoms with Crippen molar-refractivity contribution in [2.24, 2.45) is 0 Å². The molecule has 0 saturated carbocycles. The van der Waals surface area contributed by atoms with Crippen LogP contribution in [0.25, 0.3) is 5.69 Å². The second-order valence-corrected chi connectivity index (χ2v) is 8.26. The molecule has 4 rings (SSSR count). The van der Waals surface area contributed by atoms with Crippen LogP contribution in [0.4, 0.5) is 11.8 Å². The number of amides is 1. The second-order valence-electron chi connectivity index (χ2n) is 6.76. The third-order valence-electron chi connectivity index (χ3n) is 4.53. The zero-order valence-corrected chi connectivity index (χ0v) is 17.5. The third kappa shape index (κ3) is 4.73. The number of hydrogen-bond acceptors (Lipinski definition) is 7. The molecular weight excluding hydrogens is 412 g/mol. The van der Waals surface area contributed by atoms with E-state index < -0.39 is 0 Å². The van der Waals surface area contributed by atoms with Crippen molar-refractivity contribution in [3.63, 3.8) is 0 Å². The Morgan fingerprint density at radius 2 is 2.10 bits per heavy atom. The Labute approximate surface area is 177 Å². The van der Waals surface area contributed by atoms with Gasteiger partial charge in [0.05, 0.1) is 5.69 Å². The summed E-state index contributed by atoms with van der Waals surface area (Å²) >= 11 is 7.70. The fraction of sp³-hybridized carbons (Fsp3) is 0.368. The van der Waals surface area contributed by atoms with Crippen LogP contribution in [-0.2, 0) is 4.79 Å². The summed E-state index contributed by atoms with van der Waals surface area (Å²) in [5.41, 5.74) is 0.912. The predicted octanol–water partition coefficient (Wildman–Crippen LogP) is 3.94. The van der Waals surface area contributed by atoms with Gasteiger partial charge in [0.25, 0.3) is 0 Å². The topological polar surface area (TPSA) is 89.1 Å². The van der Waals surface area contributed by atoms with E-state index in [4.69, 9.17) is 16.1 Å². The third-order valence-corrected chi connectivity index (χ3v) is 5.69. The Morgan fingerprint density at radius 1 is 1.28 bits per heavy atom. The number of aryl methyl sites for hydroxylation is 1. The largest absolute Gasteiger partial charge is 0.360 e.